The molecule has 0 radical (unpaired) electrons. The first-order valence-corrected chi connectivity index (χ1v) is 7.65. The van der Waals surface area contributed by atoms with Crippen LogP contribution in [0.4, 0.5) is 0 Å². The fourth-order valence-corrected chi connectivity index (χ4v) is 2.82. The SMILES string of the molecule is CC(C)N(C)CCS(=O)(=O)c1cccc(C(=O)O)c1. The molecule has 0 amide bonds. The Morgan fingerprint density at radius 1 is 1.37 bits per heavy atom. The molecule has 1 aromatic carbocycles. The molecule has 0 aliphatic rings. The van der Waals surface area contributed by atoms with Gasteiger partial charge in [-0.25, -0.2) is 13.2 Å². The molecule has 106 valence electrons. The van der Waals surface area contributed by atoms with Crippen molar-refractivity contribution >= 4 is 15.8 Å². The molecule has 0 saturated heterocycles. The Kier molecular flexibility index (Phi) is 5.08. The molecule has 1 rings (SSSR count). The van der Waals surface area contributed by atoms with E-state index in [1.165, 1.54) is 24.3 Å². The van der Waals surface area contributed by atoms with E-state index in [0.29, 0.717) is 6.54 Å². The van der Waals surface area contributed by atoms with E-state index in [0.717, 1.165) is 0 Å². The zero-order valence-corrected chi connectivity index (χ0v) is 12.1. The number of carboxylic acids is 1. The van der Waals surface area contributed by atoms with Crippen LogP contribution in [0.5, 0.6) is 0 Å². The number of sulfone groups is 1. The lowest BCUT2D eigenvalue weighted by Crippen LogP contribution is -2.31. The highest BCUT2D eigenvalue weighted by Crippen LogP contribution is 2.14. The van der Waals surface area contributed by atoms with Gasteiger partial charge in [0.25, 0.3) is 0 Å². The second-order valence-corrected chi connectivity index (χ2v) is 6.84. The van der Waals surface area contributed by atoms with Gasteiger partial charge in [-0.3, -0.25) is 0 Å². The van der Waals surface area contributed by atoms with Crippen molar-refractivity contribution in [3.05, 3.63) is 29.8 Å². The third-order valence-electron chi connectivity index (χ3n) is 3.03. The summed E-state index contributed by atoms with van der Waals surface area (Å²) in [5.41, 5.74) is -0.0155. The smallest absolute Gasteiger partial charge is 0.335 e. The topological polar surface area (TPSA) is 74.7 Å². The van der Waals surface area contributed by atoms with Crippen LogP contribution in [-0.4, -0.2) is 49.8 Å². The lowest BCUT2D eigenvalue weighted by Gasteiger charge is -2.20. The van der Waals surface area contributed by atoms with E-state index in [9.17, 15) is 13.2 Å². The van der Waals surface area contributed by atoms with Crippen LogP contribution in [0.2, 0.25) is 0 Å². The fourth-order valence-electron chi connectivity index (χ4n) is 1.46. The summed E-state index contributed by atoms with van der Waals surface area (Å²) in [4.78, 5) is 12.8. The molecule has 0 aromatic heterocycles. The average molecular weight is 285 g/mol. The minimum Gasteiger partial charge on any atom is -0.478 e. The highest BCUT2D eigenvalue weighted by atomic mass is 32.2. The molecule has 1 aromatic rings. The molecule has 0 aliphatic heterocycles. The van der Waals surface area contributed by atoms with Crippen LogP contribution < -0.4 is 0 Å². The summed E-state index contributed by atoms with van der Waals surface area (Å²) in [6.07, 6.45) is 0. The van der Waals surface area contributed by atoms with Gasteiger partial charge in [0.2, 0.25) is 0 Å². The molecule has 6 heteroatoms. The van der Waals surface area contributed by atoms with Crippen molar-refractivity contribution in [3.8, 4) is 0 Å². The predicted octanol–water partition coefficient (Wildman–Crippen LogP) is 1.50. The van der Waals surface area contributed by atoms with Crippen molar-refractivity contribution in [2.75, 3.05) is 19.3 Å². The van der Waals surface area contributed by atoms with Gasteiger partial charge in [0.15, 0.2) is 9.84 Å². The Bertz CT molecular complexity index is 552. The van der Waals surface area contributed by atoms with Gasteiger partial charge >= 0.3 is 5.97 Å². The van der Waals surface area contributed by atoms with Crippen molar-refractivity contribution in [1.82, 2.24) is 4.90 Å². The molecule has 0 saturated carbocycles. The van der Waals surface area contributed by atoms with Crippen molar-refractivity contribution in [2.24, 2.45) is 0 Å². The van der Waals surface area contributed by atoms with E-state index in [2.05, 4.69) is 0 Å². The Labute approximate surface area is 113 Å². The highest BCUT2D eigenvalue weighted by Gasteiger charge is 2.17. The van der Waals surface area contributed by atoms with Crippen LogP contribution in [0.3, 0.4) is 0 Å². The molecule has 0 aliphatic carbocycles. The summed E-state index contributed by atoms with van der Waals surface area (Å²) in [6.45, 7) is 4.38. The number of hydrogen-bond acceptors (Lipinski definition) is 4. The standard InChI is InChI=1S/C13H19NO4S/c1-10(2)14(3)7-8-19(17,18)12-6-4-5-11(9-12)13(15)16/h4-6,9-10H,7-8H2,1-3H3,(H,15,16). The molecule has 0 atom stereocenters. The summed E-state index contributed by atoms with van der Waals surface area (Å²) in [6, 6.07) is 5.72. The van der Waals surface area contributed by atoms with Crippen LogP contribution in [0.1, 0.15) is 24.2 Å². The third-order valence-corrected chi connectivity index (χ3v) is 4.73. The van der Waals surface area contributed by atoms with E-state index >= 15 is 0 Å². The zero-order chi connectivity index (χ0) is 14.6. The number of rotatable bonds is 6. The Hall–Kier alpha value is -1.40. The Balaban J connectivity index is 2.89. The van der Waals surface area contributed by atoms with Crippen molar-refractivity contribution in [1.29, 1.82) is 0 Å². The zero-order valence-electron chi connectivity index (χ0n) is 11.3. The maximum atomic E-state index is 12.1. The number of carboxylic acid groups (broad SMARTS) is 1. The molecular formula is C13H19NO4S. The molecule has 5 nitrogen and oxygen atoms in total. The van der Waals surface area contributed by atoms with Gasteiger partial charge in [0.05, 0.1) is 16.2 Å². The largest absolute Gasteiger partial charge is 0.478 e. The number of benzene rings is 1. The molecule has 0 unspecified atom stereocenters. The minimum absolute atomic E-state index is 0.0155. The molecule has 19 heavy (non-hydrogen) atoms. The molecule has 0 heterocycles. The van der Waals surface area contributed by atoms with Crippen LogP contribution >= 0.6 is 0 Å². The number of hydrogen-bond donors (Lipinski definition) is 1. The van der Waals surface area contributed by atoms with E-state index in [1.807, 2.05) is 25.8 Å². The van der Waals surface area contributed by atoms with E-state index in [1.54, 1.807) is 0 Å². The summed E-state index contributed by atoms with van der Waals surface area (Å²) in [5.74, 6) is -1.15. The van der Waals surface area contributed by atoms with Gasteiger partial charge in [0.1, 0.15) is 0 Å². The Morgan fingerprint density at radius 2 is 2.00 bits per heavy atom. The van der Waals surface area contributed by atoms with Crippen molar-refractivity contribution in [2.45, 2.75) is 24.8 Å². The first-order valence-electron chi connectivity index (χ1n) is 6.00. The summed E-state index contributed by atoms with van der Waals surface area (Å²) >= 11 is 0. The molecular weight excluding hydrogens is 266 g/mol. The van der Waals surface area contributed by atoms with Crippen LogP contribution in [-0.2, 0) is 9.84 Å². The monoisotopic (exact) mass is 285 g/mol. The highest BCUT2D eigenvalue weighted by molar-refractivity contribution is 7.91. The van der Waals surface area contributed by atoms with Gasteiger partial charge in [-0.15, -0.1) is 0 Å². The summed E-state index contributed by atoms with van der Waals surface area (Å²) < 4.78 is 24.2. The van der Waals surface area contributed by atoms with E-state index in [4.69, 9.17) is 5.11 Å². The summed E-state index contributed by atoms with van der Waals surface area (Å²) in [7, 11) is -1.59. The molecule has 0 spiro atoms. The van der Waals surface area contributed by atoms with E-state index in [-0.39, 0.29) is 22.3 Å². The fraction of sp³-hybridized carbons (Fsp3) is 0.462. The maximum Gasteiger partial charge on any atom is 0.335 e. The Morgan fingerprint density at radius 3 is 2.53 bits per heavy atom. The second kappa shape index (κ2) is 6.16. The van der Waals surface area contributed by atoms with Gasteiger partial charge in [-0.05, 0) is 39.1 Å². The van der Waals surface area contributed by atoms with Gasteiger partial charge < -0.3 is 10.0 Å². The average Bonchev–Trinajstić information content (AvgIpc) is 2.36. The number of nitrogens with zero attached hydrogens (tertiary/aromatic N) is 1. The predicted molar refractivity (Wildman–Crippen MR) is 73.2 cm³/mol. The maximum absolute atomic E-state index is 12.1. The molecule has 0 fully saturated rings. The van der Waals surface area contributed by atoms with Crippen LogP contribution in [0, 0.1) is 0 Å². The first kappa shape index (κ1) is 15.7. The number of aromatic carboxylic acids is 1. The van der Waals surface area contributed by atoms with Crippen LogP contribution in [0.25, 0.3) is 0 Å². The minimum atomic E-state index is -3.45. The third kappa shape index (κ3) is 4.33. The van der Waals surface area contributed by atoms with Crippen molar-refractivity contribution in [3.63, 3.8) is 0 Å². The normalized spacial score (nSPS) is 12.1. The van der Waals surface area contributed by atoms with E-state index < -0.39 is 15.8 Å². The summed E-state index contributed by atoms with van der Waals surface area (Å²) in [5, 5.41) is 8.86. The van der Waals surface area contributed by atoms with Gasteiger partial charge in [-0.1, -0.05) is 6.07 Å². The molecule has 1 N–H and O–H groups in total. The number of carbonyl (C=O) groups is 1. The van der Waals surface area contributed by atoms with Crippen molar-refractivity contribution < 1.29 is 18.3 Å². The lowest BCUT2D eigenvalue weighted by molar-refractivity contribution is 0.0696. The van der Waals surface area contributed by atoms with Crippen LogP contribution in [0.15, 0.2) is 29.2 Å². The first-order chi connectivity index (χ1) is 8.74. The lowest BCUT2D eigenvalue weighted by atomic mass is 10.2. The quantitative estimate of drug-likeness (QED) is 0.857. The van der Waals surface area contributed by atoms with Gasteiger partial charge in [-0.2, -0.15) is 0 Å². The van der Waals surface area contributed by atoms with Gasteiger partial charge in [0, 0.05) is 12.6 Å². The second-order valence-electron chi connectivity index (χ2n) is 4.73. The molecule has 0 bridgehead atoms.